The van der Waals surface area contributed by atoms with E-state index in [0.29, 0.717) is 59.7 Å². The quantitative estimate of drug-likeness (QED) is 0.647. The Morgan fingerprint density at radius 1 is 1.12 bits per heavy atom. The second-order valence-corrected chi connectivity index (χ2v) is 8.11. The average Bonchev–Trinajstić information content (AvgIpc) is 2.84. The lowest BCUT2D eigenvalue weighted by Crippen LogP contribution is -2.51. The molecule has 9 heteroatoms. The zero-order valence-electron chi connectivity index (χ0n) is 18.8. The highest BCUT2D eigenvalue weighted by Crippen LogP contribution is 2.39. The van der Waals surface area contributed by atoms with Crippen LogP contribution in [-0.2, 0) is 9.53 Å². The van der Waals surface area contributed by atoms with Crippen molar-refractivity contribution in [3.8, 4) is 17.2 Å². The van der Waals surface area contributed by atoms with Crippen molar-refractivity contribution in [3.63, 3.8) is 0 Å². The van der Waals surface area contributed by atoms with Gasteiger partial charge in [0.15, 0.2) is 16.6 Å². The van der Waals surface area contributed by atoms with Crippen LogP contribution in [0.2, 0.25) is 0 Å². The first-order valence-corrected chi connectivity index (χ1v) is 11.1. The molecule has 2 heterocycles. The summed E-state index contributed by atoms with van der Waals surface area (Å²) in [6.45, 7) is 3.89. The molecule has 1 amide bonds. The van der Waals surface area contributed by atoms with Crippen molar-refractivity contribution in [3.05, 3.63) is 59.3 Å². The van der Waals surface area contributed by atoms with Gasteiger partial charge >= 0.3 is 0 Å². The first kappa shape index (κ1) is 22.9. The number of amides is 1. The molecule has 2 aliphatic rings. The molecule has 0 aromatic heterocycles. The number of hydrogen-bond donors (Lipinski definition) is 2. The third-order valence-electron chi connectivity index (χ3n) is 5.88. The third-order valence-corrected chi connectivity index (χ3v) is 6.18. The van der Waals surface area contributed by atoms with Crippen molar-refractivity contribution in [1.82, 2.24) is 10.2 Å². The molecule has 0 saturated carbocycles. The number of thiocarbonyl (C=S) groups is 1. The minimum atomic E-state index is -0.546. The smallest absolute Gasteiger partial charge is 0.254 e. The summed E-state index contributed by atoms with van der Waals surface area (Å²) >= 11 is 5.74. The van der Waals surface area contributed by atoms with Gasteiger partial charge in [0.25, 0.3) is 5.91 Å². The van der Waals surface area contributed by atoms with Crippen LogP contribution < -0.4 is 19.7 Å². The molecule has 4 rings (SSSR count). The molecule has 2 aromatic rings. The molecule has 33 heavy (non-hydrogen) atoms. The molecule has 1 fully saturated rings. The van der Waals surface area contributed by atoms with E-state index in [-0.39, 0.29) is 11.7 Å². The zero-order valence-corrected chi connectivity index (χ0v) is 19.6. The molecule has 0 spiro atoms. The van der Waals surface area contributed by atoms with E-state index < -0.39 is 6.04 Å². The SMILES string of the molecule is COc1ccc([C@@H]2NC(=S)N(c3ccccc3OC)C(C)=C2C(=O)N2CCOCC2)cc1O. The third kappa shape index (κ3) is 4.34. The molecule has 1 atom stereocenters. The summed E-state index contributed by atoms with van der Waals surface area (Å²) in [6.07, 6.45) is 0. The Labute approximate surface area is 198 Å². The molecular formula is C24H27N3O5S. The standard InChI is InChI=1S/C24H27N3O5S/c1-15-21(23(29)26-10-12-32-13-11-26)22(16-8-9-20(31-3)18(28)14-16)25-24(33)27(15)17-6-4-5-7-19(17)30-2/h4-9,14,22,28H,10-13H2,1-3H3,(H,25,33)/t22-/m0/s1. The molecule has 0 aliphatic carbocycles. The largest absolute Gasteiger partial charge is 0.504 e. The molecule has 0 unspecified atom stereocenters. The number of carbonyl (C=O) groups excluding carboxylic acids is 1. The summed E-state index contributed by atoms with van der Waals surface area (Å²) < 4.78 is 16.2. The Hall–Kier alpha value is -3.30. The van der Waals surface area contributed by atoms with Gasteiger partial charge in [0.05, 0.1) is 44.7 Å². The molecule has 0 bridgehead atoms. The Balaban J connectivity index is 1.85. The molecule has 174 valence electrons. The van der Waals surface area contributed by atoms with E-state index in [1.165, 1.54) is 7.11 Å². The highest BCUT2D eigenvalue weighted by Gasteiger charge is 2.37. The van der Waals surface area contributed by atoms with Gasteiger partial charge in [-0.3, -0.25) is 9.69 Å². The number of rotatable bonds is 5. The number of nitrogens with one attached hydrogen (secondary N) is 1. The molecule has 1 saturated heterocycles. The van der Waals surface area contributed by atoms with Gasteiger partial charge < -0.3 is 29.5 Å². The summed E-state index contributed by atoms with van der Waals surface area (Å²) in [4.78, 5) is 17.4. The fraction of sp³-hybridized carbons (Fsp3) is 0.333. The van der Waals surface area contributed by atoms with Gasteiger partial charge in [-0.1, -0.05) is 18.2 Å². The number of nitrogens with zero attached hydrogens (tertiary/aromatic N) is 2. The van der Waals surface area contributed by atoms with Gasteiger partial charge in [-0.15, -0.1) is 0 Å². The van der Waals surface area contributed by atoms with Crippen molar-refractivity contribution < 1.29 is 24.1 Å². The maximum absolute atomic E-state index is 13.8. The van der Waals surface area contributed by atoms with Gasteiger partial charge in [0.2, 0.25) is 0 Å². The number of phenolic OH excluding ortho intramolecular Hbond substituents is 1. The number of para-hydroxylation sites is 2. The molecular weight excluding hydrogens is 442 g/mol. The molecule has 2 aromatic carbocycles. The van der Waals surface area contributed by atoms with E-state index in [0.717, 1.165) is 5.69 Å². The van der Waals surface area contributed by atoms with Crippen molar-refractivity contribution >= 4 is 28.9 Å². The summed E-state index contributed by atoms with van der Waals surface area (Å²) in [5.41, 5.74) is 2.67. The van der Waals surface area contributed by atoms with Crippen LogP contribution in [0, 0.1) is 0 Å². The maximum atomic E-state index is 13.8. The number of morpholine rings is 1. The lowest BCUT2D eigenvalue weighted by molar-refractivity contribution is -0.131. The van der Waals surface area contributed by atoms with E-state index in [1.54, 1.807) is 24.1 Å². The van der Waals surface area contributed by atoms with Crippen LogP contribution >= 0.6 is 12.2 Å². The van der Waals surface area contributed by atoms with Crippen LogP contribution in [0.5, 0.6) is 17.2 Å². The van der Waals surface area contributed by atoms with Gasteiger partial charge in [-0.05, 0) is 49.0 Å². The first-order valence-electron chi connectivity index (χ1n) is 10.6. The van der Waals surface area contributed by atoms with Crippen molar-refractivity contribution in [2.24, 2.45) is 0 Å². The second kappa shape index (κ2) is 9.68. The Morgan fingerprint density at radius 2 is 1.82 bits per heavy atom. The highest BCUT2D eigenvalue weighted by molar-refractivity contribution is 7.80. The van der Waals surface area contributed by atoms with Crippen LogP contribution in [0.4, 0.5) is 5.69 Å². The average molecular weight is 470 g/mol. The molecule has 2 N–H and O–H groups in total. The predicted molar refractivity (Wildman–Crippen MR) is 129 cm³/mol. The van der Waals surface area contributed by atoms with Crippen molar-refractivity contribution in [1.29, 1.82) is 0 Å². The minimum absolute atomic E-state index is 0.00861. The van der Waals surface area contributed by atoms with E-state index in [4.69, 9.17) is 26.4 Å². The van der Waals surface area contributed by atoms with Crippen LogP contribution in [0.1, 0.15) is 18.5 Å². The van der Waals surface area contributed by atoms with Crippen LogP contribution in [-0.4, -0.2) is 61.5 Å². The highest BCUT2D eigenvalue weighted by atomic mass is 32.1. The summed E-state index contributed by atoms with van der Waals surface area (Å²) in [5, 5.41) is 14.1. The maximum Gasteiger partial charge on any atom is 0.254 e. The van der Waals surface area contributed by atoms with E-state index in [1.807, 2.05) is 42.2 Å². The van der Waals surface area contributed by atoms with Crippen LogP contribution in [0.25, 0.3) is 0 Å². The fourth-order valence-electron chi connectivity index (χ4n) is 4.20. The summed E-state index contributed by atoms with van der Waals surface area (Å²) in [5.74, 6) is 0.881. The predicted octanol–water partition coefficient (Wildman–Crippen LogP) is 2.98. The number of aromatic hydroxyl groups is 1. The number of anilines is 1. The summed E-state index contributed by atoms with van der Waals surface area (Å²) in [6, 6.07) is 12.1. The Morgan fingerprint density at radius 3 is 2.48 bits per heavy atom. The monoisotopic (exact) mass is 469 g/mol. The topological polar surface area (TPSA) is 83.5 Å². The molecule has 8 nitrogen and oxygen atoms in total. The molecule has 2 aliphatic heterocycles. The number of methoxy groups -OCH3 is 2. The van der Waals surface area contributed by atoms with Crippen LogP contribution in [0.3, 0.4) is 0 Å². The minimum Gasteiger partial charge on any atom is -0.504 e. The zero-order chi connectivity index (χ0) is 23.5. The van der Waals surface area contributed by atoms with Crippen molar-refractivity contribution in [2.45, 2.75) is 13.0 Å². The summed E-state index contributed by atoms with van der Waals surface area (Å²) in [7, 11) is 3.09. The Bertz CT molecular complexity index is 1100. The van der Waals surface area contributed by atoms with E-state index in [2.05, 4.69) is 5.32 Å². The van der Waals surface area contributed by atoms with Gasteiger partial charge in [-0.25, -0.2) is 0 Å². The lowest BCUT2D eigenvalue weighted by atomic mass is 9.93. The number of benzene rings is 2. The normalized spacial score (nSPS) is 18.8. The van der Waals surface area contributed by atoms with E-state index >= 15 is 0 Å². The number of allylic oxidation sites excluding steroid dienone is 1. The number of carbonyl (C=O) groups is 1. The van der Waals surface area contributed by atoms with Gasteiger partial charge in [-0.2, -0.15) is 0 Å². The van der Waals surface area contributed by atoms with Crippen LogP contribution in [0.15, 0.2) is 53.7 Å². The van der Waals surface area contributed by atoms with E-state index in [9.17, 15) is 9.90 Å². The van der Waals surface area contributed by atoms with Gasteiger partial charge in [0, 0.05) is 18.8 Å². The number of phenols is 1. The number of ether oxygens (including phenoxy) is 3. The first-order chi connectivity index (χ1) is 16.0. The lowest BCUT2D eigenvalue weighted by Gasteiger charge is -2.40. The molecule has 0 radical (unpaired) electrons. The van der Waals surface area contributed by atoms with Gasteiger partial charge in [0.1, 0.15) is 5.75 Å². The number of hydrogen-bond acceptors (Lipinski definition) is 6. The fourth-order valence-corrected chi connectivity index (χ4v) is 4.55. The van der Waals surface area contributed by atoms with Crippen molar-refractivity contribution in [2.75, 3.05) is 45.4 Å². The second-order valence-electron chi connectivity index (χ2n) is 7.72. The Kier molecular flexibility index (Phi) is 6.71.